The summed E-state index contributed by atoms with van der Waals surface area (Å²) in [6, 6.07) is 13.3. The zero-order valence-electron chi connectivity index (χ0n) is 18.4. The van der Waals surface area contributed by atoms with Crippen molar-refractivity contribution in [1.29, 1.82) is 0 Å². The molecule has 2 aromatic carbocycles. The molecule has 166 valence electrons. The lowest BCUT2D eigenvalue weighted by molar-refractivity contribution is -0.112. The van der Waals surface area contributed by atoms with Crippen molar-refractivity contribution >= 4 is 59.6 Å². The van der Waals surface area contributed by atoms with Crippen molar-refractivity contribution in [3.63, 3.8) is 0 Å². The fraction of sp³-hybridized carbons (Fsp3) is 0.174. The summed E-state index contributed by atoms with van der Waals surface area (Å²) in [7, 11) is 1.25. The minimum atomic E-state index is -0.314. The van der Waals surface area contributed by atoms with Gasteiger partial charge in [-0.25, -0.2) is 4.98 Å². The normalized spacial score (nSPS) is 10.6. The SMILES string of the molecule is C=C(C)C(=O)Nc1ccc(OC)c(Nc2ncc(Cl)c(Nc3ccccc3P(C)C)n2)c1. The number of nitrogens with zero attached hydrogens (tertiary/aromatic N) is 2. The molecule has 0 fully saturated rings. The molecule has 0 saturated heterocycles. The van der Waals surface area contributed by atoms with Crippen LogP contribution in [0.3, 0.4) is 0 Å². The van der Waals surface area contributed by atoms with Crippen molar-refractivity contribution in [2.75, 3.05) is 36.4 Å². The Morgan fingerprint density at radius 1 is 1.12 bits per heavy atom. The van der Waals surface area contributed by atoms with Crippen LogP contribution in [0.4, 0.5) is 28.8 Å². The second-order valence-corrected chi connectivity index (χ2v) is 9.88. The van der Waals surface area contributed by atoms with E-state index in [2.05, 4.69) is 51.9 Å². The Morgan fingerprint density at radius 3 is 2.56 bits per heavy atom. The summed E-state index contributed by atoms with van der Waals surface area (Å²) in [5.41, 5.74) is 2.54. The lowest BCUT2D eigenvalue weighted by Gasteiger charge is -2.16. The van der Waals surface area contributed by atoms with Gasteiger partial charge in [0.25, 0.3) is 5.91 Å². The van der Waals surface area contributed by atoms with Crippen molar-refractivity contribution in [1.82, 2.24) is 9.97 Å². The zero-order chi connectivity index (χ0) is 23.3. The summed E-state index contributed by atoms with van der Waals surface area (Å²) in [4.78, 5) is 20.8. The molecule has 0 aliphatic carbocycles. The number of aromatic nitrogens is 2. The number of carbonyl (C=O) groups excluding carboxylic acids is 1. The second-order valence-electron chi connectivity index (χ2n) is 7.20. The van der Waals surface area contributed by atoms with Crippen molar-refractivity contribution in [3.8, 4) is 5.75 Å². The Hall–Kier alpha value is -3.15. The van der Waals surface area contributed by atoms with E-state index in [9.17, 15) is 4.79 Å². The molecular formula is C23H25ClN5O2P. The molecule has 0 spiro atoms. The molecule has 3 N–H and O–H groups in total. The van der Waals surface area contributed by atoms with Gasteiger partial charge in [-0.1, -0.05) is 44.3 Å². The van der Waals surface area contributed by atoms with Gasteiger partial charge >= 0.3 is 0 Å². The zero-order valence-corrected chi connectivity index (χ0v) is 20.0. The Labute approximate surface area is 194 Å². The first-order chi connectivity index (χ1) is 15.3. The average Bonchev–Trinajstić information content (AvgIpc) is 2.76. The van der Waals surface area contributed by atoms with Crippen LogP contribution >= 0.6 is 19.5 Å². The van der Waals surface area contributed by atoms with Gasteiger partial charge < -0.3 is 20.7 Å². The van der Waals surface area contributed by atoms with Crippen LogP contribution in [0, 0.1) is 0 Å². The number of hydrogen-bond donors (Lipinski definition) is 3. The minimum absolute atomic E-state index is 0.263. The maximum Gasteiger partial charge on any atom is 0.250 e. The number of hydrogen-bond acceptors (Lipinski definition) is 6. The van der Waals surface area contributed by atoms with Gasteiger partial charge in [-0.15, -0.1) is 0 Å². The smallest absolute Gasteiger partial charge is 0.250 e. The first kappa shape index (κ1) is 23.5. The molecule has 32 heavy (non-hydrogen) atoms. The molecule has 1 aromatic heterocycles. The number of halogens is 1. The van der Waals surface area contributed by atoms with E-state index in [0.29, 0.717) is 39.5 Å². The molecule has 1 amide bonds. The molecule has 1 heterocycles. The first-order valence-electron chi connectivity index (χ1n) is 9.76. The lowest BCUT2D eigenvalue weighted by atomic mass is 10.2. The number of amides is 1. The summed E-state index contributed by atoms with van der Waals surface area (Å²) in [5, 5.41) is 10.9. The molecule has 0 unspecified atom stereocenters. The van der Waals surface area contributed by atoms with E-state index in [1.165, 1.54) is 11.5 Å². The van der Waals surface area contributed by atoms with Crippen LogP contribution in [-0.4, -0.2) is 36.3 Å². The van der Waals surface area contributed by atoms with Crippen LogP contribution in [0.5, 0.6) is 5.75 Å². The molecule has 3 aromatic rings. The van der Waals surface area contributed by atoms with E-state index in [1.807, 2.05) is 18.2 Å². The van der Waals surface area contributed by atoms with Crippen molar-refractivity contribution in [3.05, 3.63) is 65.8 Å². The highest BCUT2D eigenvalue weighted by atomic mass is 35.5. The standard InChI is InChI=1S/C23H25ClN5O2P/c1-14(2)22(30)26-15-10-11-19(31-3)18(12-15)28-23-25-13-16(24)21(29-23)27-17-8-6-7-9-20(17)32(4)5/h6-13H,1H2,2-5H3,(H,26,30)(H2,25,27,28,29). The third-order valence-electron chi connectivity index (χ3n) is 4.47. The van der Waals surface area contributed by atoms with E-state index in [1.54, 1.807) is 32.2 Å². The van der Waals surface area contributed by atoms with Crippen molar-refractivity contribution < 1.29 is 9.53 Å². The van der Waals surface area contributed by atoms with Crippen LogP contribution in [0.15, 0.2) is 60.8 Å². The van der Waals surface area contributed by atoms with E-state index >= 15 is 0 Å². The molecular weight excluding hydrogens is 445 g/mol. The van der Waals surface area contributed by atoms with Crippen LogP contribution < -0.4 is 26.0 Å². The molecule has 0 bridgehead atoms. The number of para-hydroxylation sites is 1. The number of nitrogens with one attached hydrogen (secondary N) is 3. The summed E-state index contributed by atoms with van der Waals surface area (Å²) in [6.07, 6.45) is 1.53. The van der Waals surface area contributed by atoms with E-state index in [-0.39, 0.29) is 13.8 Å². The van der Waals surface area contributed by atoms with Gasteiger partial charge in [-0.05, 0) is 49.8 Å². The maximum atomic E-state index is 12.0. The van der Waals surface area contributed by atoms with Gasteiger partial charge in [0.1, 0.15) is 10.8 Å². The summed E-state index contributed by atoms with van der Waals surface area (Å²) in [5.74, 6) is 1.12. The molecule has 7 nitrogen and oxygen atoms in total. The van der Waals surface area contributed by atoms with E-state index < -0.39 is 0 Å². The van der Waals surface area contributed by atoms with Crippen LogP contribution in [0.2, 0.25) is 5.02 Å². The number of ether oxygens (including phenoxy) is 1. The van der Waals surface area contributed by atoms with E-state index in [0.717, 1.165) is 5.69 Å². The van der Waals surface area contributed by atoms with Crippen molar-refractivity contribution in [2.24, 2.45) is 0 Å². The van der Waals surface area contributed by atoms with Gasteiger partial charge in [-0.2, -0.15) is 4.98 Å². The van der Waals surface area contributed by atoms with Gasteiger partial charge in [0.2, 0.25) is 5.95 Å². The van der Waals surface area contributed by atoms with Crippen LogP contribution in [0.1, 0.15) is 6.92 Å². The minimum Gasteiger partial charge on any atom is -0.495 e. The third kappa shape index (κ3) is 5.75. The fourth-order valence-electron chi connectivity index (χ4n) is 2.85. The molecule has 0 aliphatic rings. The van der Waals surface area contributed by atoms with Gasteiger partial charge in [-0.3, -0.25) is 4.79 Å². The van der Waals surface area contributed by atoms with Crippen molar-refractivity contribution in [2.45, 2.75) is 6.92 Å². The predicted octanol–water partition coefficient (Wildman–Crippen LogP) is 5.51. The van der Waals surface area contributed by atoms with E-state index in [4.69, 9.17) is 16.3 Å². The Balaban J connectivity index is 1.89. The summed E-state index contributed by atoms with van der Waals surface area (Å²) >= 11 is 6.36. The highest BCUT2D eigenvalue weighted by Crippen LogP contribution is 2.33. The number of rotatable bonds is 8. The molecule has 0 saturated carbocycles. The highest BCUT2D eigenvalue weighted by Gasteiger charge is 2.13. The number of carbonyl (C=O) groups is 1. The van der Waals surface area contributed by atoms with Crippen LogP contribution in [0.25, 0.3) is 0 Å². The fourth-order valence-corrected chi connectivity index (χ4v) is 3.99. The average molecular weight is 470 g/mol. The molecule has 0 aliphatic heterocycles. The quantitative estimate of drug-likeness (QED) is 0.298. The van der Waals surface area contributed by atoms with Crippen LogP contribution in [-0.2, 0) is 4.79 Å². The Kier molecular flexibility index (Phi) is 7.67. The lowest BCUT2D eigenvalue weighted by Crippen LogP contribution is -2.12. The molecule has 3 rings (SSSR count). The number of methoxy groups -OCH3 is 1. The molecule has 0 radical (unpaired) electrons. The summed E-state index contributed by atoms with van der Waals surface area (Å²) in [6.45, 7) is 9.68. The number of anilines is 5. The maximum absolute atomic E-state index is 12.0. The molecule has 0 atom stereocenters. The van der Waals surface area contributed by atoms with Gasteiger partial charge in [0.05, 0.1) is 19.0 Å². The topological polar surface area (TPSA) is 88.2 Å². The highest BCUT2D eigenvalue weighted by molar-refractivity contribution is 7.64. The summed E-state index contributed by atoms with van der Waals surface area (Å²) < 4.78 is 5.43. The van der Waals surface area contributed by atoms with Gasteiger partial charge in [0.15, 0.2) is 5.82 Å². The molecule has 9 heteroatoms. The largest absolute Gasteiger partial charge is 0.495 e. The Bertz CT molecular complexity index is 1150. The number of benzene rings is 2. The monoisotopic (exact) mass is 469 g/mol. The third-order valence-corrected chi connectivity index (χ3v) is 6.10. The first-order valence-corrected chi connectivity index (χ1v) is 12.4. The predicted molar refractivity (Wildman–Crippen MR) is 135 cm³/mol. The Morgan fingerprint density at radius 2 is 1.88 bits per heavy atom. The second kappa shape index (κ2) is 10.4. The van der Waals surface area contributed by atoms with Gasteiger partial charge in [0, 0.05) is 16.9 Å².